The van der Waals surface area contributed by atoms with Crippen LogP contribution < -0.4 is 0 Å². The lowest BCUT2D eigenvalue weighted by molar-refractivity contribution is -0.910. The summed E-state index contributed by atoms with van der Waals surface area (Å²) in [5, 5.41) is 0. The Bertz CT molecular complexity index is 1090. The van der Waals surface area contributed by atoms with Gasteiger partial charge in [-0.3, -0.25) is 19.3 Å². The normalized spacial score (nSPS) is 11.8. The molecule has 0 amide bonds. The standard InChI is InChI=1S/C64H127N2O6/c1-6-10-14-18-22-26-27-28-29-30-31-32-36-40-44-48-53-65(55-59-70-62(67)50-45-41-37-33-23-19-15-11-7-2)54-49-56-66(5,57-60-71-63(68)51-46-42-38-34-24-20-16-12-8-3)58-61-72-64(69)52-47-43-39-35-25-21-17-13-9-4/h6-61H2,1-5H3/q+1. The lowest BCUT2D eigenvalue weighted by Gasteiger charge is -2.35. The molecule has 8 nitrogen and oxygen atoms in total. The Balaban J connectivity index is 5.14. The van der Waals surface area contributed by atoms with E-state index in [0.717, 1.165) is 71.1 Å². The van der Waals surface area contributed by atoms with Gasteiger partial charge >= 0.3 is 17.9 Å². The molecule has 0 aliphatic carbocycles. The van der Waals surface area contributed by atoms with Crippen molar-refractivity contribution in [2.45, 2.75) is 329 Å². The van der Waals surface area contributed by atoms with Crippen LogP contribution in [0.15, 0.2) is 0 Å². The summed E-state index contributed by atoms with van der Waals surface area (Å²) in [7, 11) is 2.23. The number of carbonyl (C=O) groups is 3. The highest BCUT2D eigenvalue weighted by Crippen LogP contribution is 2.17. The number of hydrogen-bond donors (Lipinski definition) is 0. The minimum absolute atomic E-state index is 0.0516. The van der Waals surface area contributed by atoms with Crippen LogP contribution in [0.3, 0.4) is 0 Å². The minimum Gasteiger partial charge on any atom is -0.464 e. The lowest BCUT2D eigenvalue weighted by atomic mass is 10.0. The van der Waals surface area contributed by atoms with Crippen molar-refractivity contribution in [3.63, 3.8) is 0 Å². The summed E-state index contributed by atoms with van der Waals surface area (Å²) >= 11 is 0. The van der Waals surface area contributed by atoms with Crippen LogP contribution >= 0.6 is 0 Å². The van der Waals surface area contributed by atoms with E-state index in [1.54, 1.807) is 0 Å². The van der Waals surface area contributed by atoms with Gasteiger partial charge in [0.1, 0.15) is 32.9 Å². The molecule has 0 spiro atoms. The van der Waals surface area contributed by atoms with Gasteiger partial charge in [0.05, 0.1) is 13.6 Å². The van der Waals surface area contributed by atoms with Gasteiger partial charge in [0, 0.05) is 38.8 Å². The van der Waals surface area contributed by atoms with E-state index in [1.165, 1.54) is 238 Å². The first kappa shape index (κ1) is 70.3. The topological polar surface area (TPSA) is 82.1 Å². The van der Waals surface area contributed by atoms with Crippen molar-refractivity contribution in [1.82, 2.24) is 4.90 Å². The summed E-state index contributed by atoms with van der Waals surface area (Å²) < 4.78 is 18.2. The predicted octanol–water partition coefficient (Wildman–Crippen LogP) is 18.8. The van der Waals surface area contributed by atoms with Gasteiger partial charge in [-0.05, 0) is 32.2 Å². The number of nitrogens with zero attached hydrogens (tertiary/aromatic N) is 2. The lowest BCUT2D eigenvalue weighted by Crippen LogP contribution is -2.50. The zero-order valence-corrected chi connectivity index (χ0v) is 49.4. The molecule has 0 aromatic rings. The van der Waals surface area contributed by atoms with Crippen molar-refractivity contribution in [1.29, 1.82) is 0 Å². The van der Waals surface area contributed by atoms with Crippen molar-refractivity contribution in [2.75, 3.05) is 66.1 Å². The quantitative estimate of drug-likeness (QED) is 0.0260. The Hall–Kier alpha value is -1.67. The third kappa shape index (κ3) is 53.2. The van der Waals surface area contributed by atoms with Crippen molar-refractivity contribution >= 4 is 17.9 Å². The molecule has 0 aliphatic rings. The van der Waals surface area contributed by atoms with E-state index in [4.69, 9.17) is 14.2 Å². The van der Waals surface area contributed by atoms with E-state index in [9.17, 15) is 14.4 Å². The van der Waals surface area contributed by atoms with Crippen molar-refractivity contribution in [3.05, 3.63) is 0 Å². The second-order valence-corrected chi connectivity index (χ2v) is 22.7. The molecule has 0 heterocycles. The zero-order valence-electron chi connectivity index (χ0n) is 49.4. The summed E-state index contributed by atoms with van der Waals surface area (Å²) in [6.45, 7) is 15.3. The smallest absolute Gasteiger partial charge is 0.305 e. The van der Waals surface area contributed by atoms with E-state index in [2.05, 4.69) is 39.6 Å². The van der Waals surface area contributed by atoms with Crippen molar-refractivity contribution in [3.8, 4) is 0 Å². The highest BCUT2D eigenvalue weighted by molar-refractivity contribution is 5.69. The Morgan fingerprint density at radius 3 is 0.806 bits per heavy atom. The van der Waals surface area contributed by atoms with Crippen LogP contribution in [-0.4, -0.2) is 93.4 Å². The number of quaternary nitrogens is 1. The molecule has 0 saturated heterocycles. The van der Waals surface area contributed by atoms with Crippen LogP contribution in [-0.2, 0) is 28.6 Å². The molecule has 72 heavy (non-hydrogen) atoms. The average molecular weight is 1020 g/mol. The number of ether oxygens (including phenoxy) is 3. The molecular formula is C64H127N2O6+. The Kier molecular flexibility index (Phi) is 55.7. The first-order chi connectivity index (χ1) is 35.3. The van der Waals surface area contributed by atoms with E-state index < -0.39 is 0 Å². The van der Waals surface area contributed by atoms with Crippen LogP contribution in [0.1, 0.15) is 329 Å². The van der Waals surface area contributed by atoms with Crippen LogP contribution in [0.2, 0.25) is 0 Å². The first-order valence-electron chi connectivity index (χ1n) is 32.3. The Morgan fingerprint density at radius 2 is 0.514 bits per heavy atom. The molecule has 0 rings (SSSR count). The van der Waals surface area contributed by atoms with Gasteiger partial charge in [0.25, 0.3) is 0 Å². The van der Waals surface area contributed by atoms with E-state index >= 15 is 0 Å². The number of rotatable bonds is 60. The van der Waals surface area contributed by atoms with E-state index in [1.807, 2.05) is 0 Å². The number of esters is 3. The fraction of sp³-hybridized carbons (Fsp3) is 0.953. The third-order valence-electron chi connectivity index (χ3n) is 15.4. The fourth-order valence-corrected chi connectivity index (χ4v) is 10.2. The molecule has 0 N–H and O–H groups in total. The van der Waals surface area contributed by atoms with Gasteiger partial charge in [-0.1, -0.05) is 278 Å². The summed E-state index contributed by atoms with van der Waals surface area (Å²) in [6.07, 6.45) is 57.6. The SMILES string of the molecule is CCCCCCCCCCCCCCCCCCN(CCC[N+](C)(CCOC(=O)CCCCCCCCCCC)CCOC(=O)CCCCCCCCCCC)CCOC(=O)CCCCCCCCCCC. The molecule has 0 aliphatic heterocycles. The van der Waals surface area contributed by atoms with E-state index in [0.29, 0.717) is 56.7 Å². The highest BCUT2D eigenvalue weighted by Gasteiger charge is 2.24. The van der Waals surface area contributed by atoms with Crippen molar-refractivity contribution < 1.29 is 33.1 Å². The molecule has 0 unspecified atom stereocenters. The minimum atomic E-state index is -0.0887. The number of carbonyl (C=O) groups excluding carboxylic acids is 3. The number of likely N-dealkylation sites (N-methyl/N-ethyl adjacent to an activating group) is 1. The second kappa shape index (κ2) is 57.0. The summed E-state index contributed by atoms with van der Waals surface area (Å²) in [5.41, 5.74) is 0. The summed E-state index contributed by atoms with van der Waals surface area (Å²) in [5.74, 6) is -0.229. The van der Waals surface area contributed by atoms with Crippen LogP contribution in [0.25, 0.3) is 0 Å². The molecule has 0 saturated carbocycles. The second-order valence-electron chi connectivity index (χ2n) is 22.7. The maximum Gasteiger partial charge on any atom is 0.305 e. The summed E-state index contributed by atoms with van der Waals surface area (Å²) in [4.78, 5) is 40.9. The van der Waals surface area contributed by atoms with Crippen LogP contribution in [0.4, 0.5) is 0 Å². The zero-order chi connectivity index (χ0) is 52.5. The largest absolute Gasteiger partial charge is 0.464 e. The van der Waals surface area contributed by atoms with Gasteiger partial charge in [0.2, 0.25) is 0 Å². The average Bonchev–Trinajstić information content (AvgIpc) is 3.36. The molecule has 0 bridgehead atoms. The van der Waals surface area contributed by atoms with Crippen LogP contribution in [0, 0.1) is 0 Å². The maximum atomic E-state index is 12.8. The molecule has 0 radical (unpaired) electrons. The fourth-order valence-electron chi connectivity index (χ4n) is 10.2. The molecule has 8 heteroatoms. The van der Waals surface area contributed by atoms with Gasteiger partial charge < -0.3 is 18.7 Å². The maximum absolute atomic E-state index is 12.8. The molecule has 0 atom stereocenters. The molecule has 0 fully saturated rings. The molecule has 0 aromatic carbocycles. The highest BCUT2D eigenvalue weighted by atomic mass is 16.5. The predicted molar refractivity (Wildman–Crippen MR) is 310 cm³/mol. The third-order valence-corrected chi connectivity index (χ3v) is 15.4. The van der Waals surface area contributed by atoms with Crippen molar-refractivity contribution in [2.24, 2.45) is 0 Å². The van der Waals surface area contributed by atoms with Gasteiger partial charge in [-0.25, -0.2) is 0 Å². The Labute approximate surface area is 449 Å². The van der Waals surface area contributed by atoms with Crippen LogP contribution in [0.5, 0.6) is 0 Å². The van der Waals surface area contributed by atoms with Gasteiger partial charge in [0.15, 0.2) is 0 Å². The van der Waals surface area contributed by atoms with E-state index in [-0.39, 0.29) is 17.9 Å². The Morgan fingerprint density at radius 1 is 0.278 bits per heavy atom. The molecule has 428 valence electrons. The number of hydrogen-bond acceptors (Lipinski definition) is 7. The summed E-state index contributed by atoms with van der Waals surface area (Å²) in [6, 6.07) is 0. The monoisotopic (exact) mass is 1020 g/mol. The first-order valence-corrected chi connectivity index (χ1v) is 32.3. The van der Waals surface area contributed by atoms with Gasteiger partial charge in [-0.2, -0.15) is 0 Å². The molecule has 0 aromatic heterocycles. The molecular weight excluding hydrogens is 893 g/mol. The number of unbranched alkanes of at least 4 members (excludes halogenated alkanes) is 39. The van der Waals surface area contributed by atoms with Gasteiger partial charge in [-0.15, -0.1) is 0 Å².